The number of aliphatic imine (C=N–C) groups is 1. The first-order chi connectivity index (χ1) is 34.9. The van der Waals surface area contributed by atoms with Crippen LogP contribution in [0.25, 0.3) is 17.0 Å². The first kappa shape index (κ1) is 52.5. The van der Waals surface area contributed by atoms with E-state index >= 15 is 0 Å². The highest BCUT2D eigenvalue weighted by Crippen LogP contribution is 2.35. The second kappa shape index (κ2) is 25.7. The summed E-state index contributed by atoms with van der Waals surface area (Å²) >= 11 is 6.38. The van der Waals surface area contributed by atoms with Gasteiger partial charge < -0.3 is 35.8 Å². The van der Waals surface area contributed by atoms with Crippen LogP contribution in [0, 0.1) is 24.1 Å². The second-order valence-corrected chi connectivity index (χ2v) is 17.9. The maximum atomic E-state index is 15.0. The highest BCUT2D eigenvalue weighted by atomic mass is 35.5. The first-order valence-electron chi connectivity index (χ1n) is 23.6. The third-order valence-corrected chi connectivity index (χ3v) is 12.8. The van der Waals surface area contributed by atoms with Gasteiger partial charge in [-0.2, -0.15) is 5.11 Å². The van der Waals surface area contributed by atoms with Gasteiger partial charge in [-0.15, -0.1) is 0 Å². The molecule has 4 aromatic carbocycles. The van der Waals surface area contributed by atoms with Crippen LogP contribution < -0.4 is 26.6 Å². The minimum atomic E-state index is -0.730. The number of fused-ring (bicyclic) bond motifs is 3. The van der Waals surface area contributed by atoms with Crippen LogP contribution in [0.1, 0.15) is 66.0 Å². The summed E-state index contributed by atoms with van der Waals surface area (Å²) < 4.78 is 35.6. The number of carbonyl (C=O) groups excluding carboxylic acids is 4. The lowest BCUT2D eigenvalue weighted by Crippen LogP contribution is -2.43. The number of piperidine rings is 1. The van der Waals surface area contributed by atoms with Gasteiger partial charge in [0.05, 0.1) is 30.1 Å². The van der Waals surface area contributed by atoms with Crippen molar-refractivity contribution >= 4 is 65.0 Å². The van der Waals surface area contributed by atoms with Crippen LogP contribution in [0.15, 0.2) is 101 Å². The zero-order valence-corrected chi connectivity index (χ0v) is 40.8. The quantitative estimate of drug-likeness (QED) is 0.0202. The van der Waals surface area contributed by atoms with Gasteiger partial charge in [-0.1, -0.05) is 48.0 Å². The molecule has 0 spiro atoms. The highest BCUT2D eigenvalue weighted by molar-refractivity contribution is 6.31. The first-order valence-corrected chi connectivity index (χ1v) is 24.0. The van der Waals surface area contributed by atoms with Gasteiger partial charge in [0.2, 0.25) is 30.6 Å². The molecule has 6 N–H and O–H groups in total. The molecule has 20 heteroatoms. The summed E-state index contributed by atoms with van der Waals surface area (Å²) in [5, 5.41) is 19.3. The number of ether oxygens (including phenoxy) is 1. The summed E-state index contributed by atoms with van der Waals surface area (Å²) in [4.78, 5) is 64.9. The van der Waals surface area contributed by atoms with Gasteiger partial charge in [0.25, 0.3) is 0 Å². The van der Waals surface area contributed by atoms with E-state index in [9.17, 15) is 28.0 Å². The monoisotopic (exact) mass is 1000 g/mol. The van der Waals surface area contributed by atoms with Gasteiger partial charge in [0, 0.05) is 109 Å². The van der Waals surface area contributed by atoms with Gasteiger partial charge in [0.15, 0.2) is 0 Å². The maximum absolute atomic E-state index is 15.0. The fourth-order valence-electron chi connectivity index (χ4n) is 8.49. The standard InChI is InChI=1S/C52H57ClF2N12O5/c1-33-5-3-8-45(42(33)29-67(32-69)34(2)9-16-47(70)61-31-68)63-48(71)30-72-24-20-57-19-23-66-21-17-38(18-22-66)58-28-46(65-56)35-10-13-39(14-11-35)62-52-60-27-36-26-59-51(49-43(54)6-4-7-44(49)55)41-25-37(53)12-15-40(41)50(36)64-52/h3-8,10-15,25,27-28,31-32,34,38,56-58H,9,16-24,26,29-30H2,1-2H3,(H,63,71)(H,60,62,64)(H,61,68,70)/b46-28-,65-56?. The Morgan fingerprint density at radius 1 is 1.00 bits per heavy atom. The van der Waals surface area contributed by atoms with E-state index in [2.05, 4.69) is 46.6 Å². The molecule has 1 fully saturated rings. The zero-order valence-electron chi connectivity index (χ0n) is 40.0. The van der Waals surface area contributed by atoms with E-state index in [1.54, 1.807) is 41.6 Å². The fraction of sp³-hybridized carbons (Fsp3) is 0.327. The van der Waals surface area contributed by atoms with Crippen LogP contribution in [0.5, 0.6) is 0 Å². The topological polar surface area (TPSA) is 218 Å². The van der Waals surface area contributed by atoms with Gasteiger partial charge in [0.1, 0.15) is 23.9 Å². The Kier molecular flexibility index (Phi) is 18.7. The lowest BCUT2D eigenvalue weighted by Gasteiger charge is -2.32. The molecule has 0 radical (unpaired) electrons. The average Bonchev–Trinajstić information content (AvgIpc) is 3.52. The molecule has 0 saturated carbocycles. The van der Waals surface area contributed by atoms with Crippen LogP contribution in [0.4, 0.5) is 26.1 Å². The van der Waals surface area contributed by atoms with Gasteiger partial charge in [-0.05, 0) is 86.7 Å². The van der Waals surface area contributed by atoms with Crippen molar-refractivity contribution in [2.45, 2.75) is 64.7 Å². The van der Waals surface area contributed by atoms with Crippen molar-refractivity contribution < 1.29 is 32.7 Å². The summed E-state index contributed by atoms with van der Waals surface area (Å²) in [6, 6.07) is 21.6. The van der Waals surface area contributed by atoms with Crippen LogP contribution in [0.2, 0.25) is 5.02 Å². The molecule has 5 aromatic rings. The summed E-state index contributed by atoms with van der Waals surface area (Å²) in [5.74, 6) is -1.88. The Morgan fingerprint density at radius 2 is 1.76 bits per heavy atom. The molecule has 376 valence electrons. The van der Waals surface area contributed by atoms with Crippen molar-refractivity contribution in [1.29, 1.82) is 5.53 Å². The molecule has 7 rings (SSSR count). The molecule has 4 amide bonds. The molecule has 1 aromatic heterocycles. The Labute approximate surface area is 421 Å². The summed E-state index contributed by atoms with van der Waals surface area (Å²) in [5.41, 5.74) is 14.3. The molecule has 72 heavy (non-hydrogen) atoms. The van der Waals surface area contributed by atoms with Crippen molar-refractivity contribution in [3.05, 3.63) is 141 Å². The molecular formula is C52H57ClF2N12O5. The molecule has 17 nitrogen and oxygen atoms in total. The summed E-state index contributed by atoms with van der Waals surface area (Å²) in [7, 11) is 0. The number of nitrogens with zero attached hydrogens (tertiary/aromatic N) is 6. The van der Waals surface area contributed by atoms with E-state index in [1.165, 1.54) is 18.2 Å². The van der Waals surface area contributed by atoms with Crippen molar-refractivity contribution in [3.63, 3.8) is 0 Å². The Bertz CT molecular complexity index is 2790. The largest absolute Gasteiger partial charge is 0.386 e. The highest BCUT2D eigenvalue weighted by Gasteiger charge is 2.26. The molecule has 3 heterocycles. The Morgan fingerprint density at radius 3 is 2.50 bits per heavy atom. The predicted molar refractivity (Wildman–Crippen MR) is 272 cm³/mol. The minimum absolute atomic E-state index is 0.0942. The molecule has 0 aliphatic carbocycles. The third-order valence-electron chi connectivity index (χ3n) is 12.6. The van der Waals surface area contributed by atoms with Crippen LogP contribution >= 0.6 is 11.6 Å². The number of anilines is 3. The van der Waals surface area contributed by atoms with E-state index in [-0.39, 0.29) is 55.4 Å². The number of benzene rings is 4. The molecule has 1 unspecified atom stereocenters. The smallest absolute Gasteiger partial charge is 0.250 e. The number of aryl methyl sites for hydroxylation is 1. The van der Waals surface area contributed by atoms with Crippen LogP contribution in [-0.4, -0.2) is 108 Å². The van der Waals surface area contributed by atoms with Gasteiger partial charge in [-0.3, -0.25) is 29.5 Å². The lowest BCUT2D eigenvalue weighted by molar-refractivity contribution is -0.127. The Hall–Kier alpha value is -7.32. The van der Waals surface area contributed by atoms with Crippen molar-refractivity contribution in [3.8, 4) is 11.3 Å². The third kappa shape index (κ3) is 14.0. The number of hydrogen-bond acceptors (Lipinski definition) is 14. The number of nitrogens with one attached hydrogen (secondary N) is 6. The van der Waals surface area contributed by atoms with E-state index in [0.29, 0.717) is 76.4 Å². The Balaban J connectivity index is 0.812. The lowest BCUT2D eigenvalue weighted by atomic mass is 9.95. The average molecular weight is 1000 g/mol. The number of aromatic nitrogens is 2. The number of hydrogen-bond donors (Lipinski definition) is 6. The molecule has 0 bridgehead atoms. The minimum Gasteiger partial charge on any atom is -0.386 e. The van der Waals surface area contributed by atoms with Gasteiger partial charge in [-0.25, -0.2) is 24.3 Å². The number of rotatable bonds is 24. The summed E-state index contributed by atoms with van der Waals surface area (Å²) in [6.45, 7) is 8.28. The molecule has 2 aliphatic rings. The number of likely N-dealkylation sites (tertiary alicyclic amines) is 1. The van der Waals surface area contributed by atoms with Crippen molar-refractivity contribution in [2.75, 3.05) is 56.6 Å². The van der Waals surface area contributed by atoms with Crippen LogP contribution in [-0.2, 0) is 37.0 Å². The van der Waals surface area contributed by atoms with E-state index in [4.69, 9.17) is 26.9 Å². The van der Waals surface area contributed by atoms with E-state index in [1.807, 2.05) is 50.2 Å². The SMILES string of the molecule is Cc1cccc(NC(=O)COCCNCCN2CCC(N/C=C(\N=N)c3ccc(Nc4ncc5c(n4)-c4ccc(Cl)cc4C(c4c(F)cccc4F)=NC5)cc3)CC2)c1CN(C=O)C(C)CCC(=O)NC=O. The number of amides is 4. The number of imide groups is 1. The number of halogens is 3. The van der Waals surface area contributed by atoms with E-state index in [0.717, 1.165) is 62.1 Å². The molecule has 1 atom stereocenters. The molecule has 2 aliphatic heterocycles. The van der Waals surface area contributed by atoms with E-state index < -0.39 is 17.5 Å². The normalized spacial score (nSPS) is 14.2. The fourth-order valence-corrected chi connectivity index (χ4v) is 8.66. The predicted octanol–water partition coefficient (Wildman–Crippen LogP) is 7.51. The molecular weight excluding hydrogens is 946 g/mol. The zero-order chi connectivity index (χ0) is 51.0. The second-order valence-electron chi connectivity index (χ2n) is 17.4. The molecule has 1 saturated heterocycles. The number of carbonyl (C=O) groups is 4. The maximum Gasteiger partial charge on any atom is 0.250 e. The summed E-state index contributed by atoms with van der Waals surface area (Å²) in [6.07, 6.45) is 6.79. The van der Waals surface area contributed by atoms with Crippen LogP contribution in [0.3, 0.4) is 0 Å². The van der Waals surface area contributed by atoms with Crippen molar-refractivity contribution in [2.24, 2.45) is 10.1 Å². The van der Waals surface area contributed by atoms with Gasteiger partial charge >= 0.3 is 0 Å². The van der Waals surface area contributed by atoms with Crippen molar-refractivity contribution in [1.82, 2.24) is 35.7 Å².